The minimum absolute atomic E-state index is 0.0520. The number of anilines is 2. The number of rotatable bonds is 3. The van der Waals surface area contributed by atoms with E-state index in [0.29, 0.717) is 30.2 Å². The third kappa shape index (κ3) is 3.90. The Morgan fingerprint density at radius 1 is 1.08 bits per heavy atom. The first-order valence-electron chi connectivity index (χ1n) is 13.6. The second kappa shape index (κ2) is 8.71. The van der Waals surface area contributed by atoms with Crippen molar-refractivity contribution in [2.24, 2.45) is 10.4 Å². The molecule has 2 spiro atoms. The lowest BCUT2D eigenvalue weighted by Gasteiger charge is -2.35. The Kier molecular flexibility index (Phi) is 5.66. The van der Waals surface area contributed by atoms with Crippen molar-refractivity contribution < 1.29 is 14.4 Å². The monoisotopic (exact) mass is 514 g/mol. The van der Waals surface area contributed by atoms with Crippen LogP contribution in [0.1, 0.15) is 76.0 Å². The van der Waals surface area contributed by atoms with Crippen LogP contribution in [0.2, 0.25) is 0 Å². The zero-order chi connectivity index (χ0) is 26.7. The molecule has 4 heterocycles. The van der Waals surface area contributed by atoms with Crippen LogP contribution < -0.4 is 10.6 Å². The Morgan fingerprint density at radius 2 is 1.82 bits per heavy atom. The normalized spacial score (nSPS) is 23.8. The SMILES string of the molecule is CC(C)(C)C1=NC2(CCCCCC2)N(CC(=O)Nc2cc3c(cn2)CC2(C3)C(=O)Nc3ncccc32)C1=O. The lowest BCUT2D eigenvalue weighted by molar-refractivity contribution is -0.133. The lowest BCUT2D eigenvalue weighted by atomic mass is 9.79. The summed E-state index contributed by atoms with van der Waals surface area (Å²) >= 11 is 0. The molecule has 6 rings (SSSR count). The molecule has 2 aromatic rings. The van der Waals surface area contributed by atoms with Crippen LogP contribution >= 0.6 is 0 Å². The Bertz CT molecular complexity index is 1370. The third-order valence-corrected chi connectivity index (χ3v) is 8.51. The van der Waals surface area contributed by atoms with E-state index < -0.39 is 11.1 Å². The molecule has 2 N–H and O–H groups in total. The molecule has 2 aromatic heterocycles. The van der Waals surface area contributed by atoms with Gasteiger partial charge in [-0.05, 0) is 61.8 Å². The van der Waals surface area contributed by atoms with E-state index in [0.717, 1.165) is 55.2 Å². The van der Waals surface area contributed by atoms with Gasteiger partial charge in [-0.25, -0.2) is 9.97 Å². The molecule has 1 atom stereocenters. The van der Waals surface area contributed by atoms with Crippen molar-refractivity contribution in [3.63, 3.8) is 0 Å². The number of aromatic nitrogens is 2. The summed E-state index contributed by atoms with van der Waals surface area (Å²) in [5, 5.41) is 5.83. The fraction of sp³-hybridized carbons (Fsp3) is 0.517. The summed E-state index contributed by atoms with van der Waals surface area (Å²) in [6.07, 6.45) is 10.3. The maximum Gasteiger partial charge on any atom is 0.270 e. The molecule has 4 aliphatic rings. The van der Waals surface area contributed by atoms with E-state index in [1.807, 2.05) is 39.0 Å². The van der Waals surface area contributed by atoms with Crippen LogP contribution in [0.3, 0.4) is 0 Å². The fourth-order valence-corrected chi connectivity index (χ4v) is 6.56. The number of fused-ring (bicyclic) bond motifs is 3. The summed E-state index contributed by atoms with van der Waals surface area (Å²) in [4.78, 5) is 55.3. The molecule has 9 heteroatoms. The summed E-state index contributed by atoms with van der Waals surface area (Å²) in [7, 11) is 0. The molecule has 9 nitrogen and oxygen atoms in total. The molecule has 0 radical (unpaired) electrons. The van der Waals surface area contributed by atoms with Gasteiger partial charge in [0, 0.05) is 23.4 Å². The predicted molar refractivity (Wildman–Crippen MR) is 144 cm³/mol. The van der Waals surface area contributed by atoms with Crippen molar-refractivity contribution in [3.8, 4) is 0 Å². The lowest BCUT2D eigenvalue weighted by Crippen LogP contribution is -2.50. The van der Waals surface area contributed by atoms with Crippen LogP contribution in [0.5, 0.6) is 0 Å². The number of carbonyl (C=O) groups excluding carboxylic acids is 3. The number of amides is 3. The average molecular weight is 515 g/mol. The number of pyridine rings is 2. The third-order valence-electron chi connectivity index (χ3n) is 8.51. The number of nitrogens with zero attached hydrogens (tertiary/aromatic N) is 4. The summed E-state index contributed by atoms with van der Waals surface area (Å²) in [6.45, 7) is 5.93. The molecule has 1 unspecified atom stereocenters. The molecule has 0 bridgehead atoms. The van der Waals surface area contributed by atoms with Gasteiger partial charge in [-0.15, -0.1) is 0 Å². The highest BCUT2D eigenvalue weighted by Crippen LogP contribution is 2.46. The molecule has 1 fully saturated rings. The highest BCUT2D eigenvalue weighted by Gasteiger charge is 2.52. The average Bonchev–Trinajstić information content (AvgIpc) is 3.38. The smallest absolute Gasteiger partial charge is 0.270 e. The van der Waals surface area contributed by atoms with E-state index in [2.05, 4.69) is 20.6 Å². The summed E-state index contributed by atoms with van der Waals surface area (Å²) in [6, 6.07) is 5.66. The van der Waals surface area contributed by atoms with Crippen molar-refractivity contribution in [2.45, 2.75) is 83.2 Å². The van der Waals surface area contributed by atoms with Gasteiger partial charge in [-0.1, -0.05) is 39.7 Å². The van der Waals surface area contributed by atoms with Crippen LogP contribution in [-0.2, 0) is 32.6 Å². The summed E-state index contributed by atoms with van der Waals surface area (Å²) < 4.78 is 0. The van der Waals surface area contributed by atoms with Crippen LogP contribution in [0.25, 0.3) is 0 Å². The minimum atomic E-state index is -0.690. The zero-order valence-electron chi connectivity index (χ0n) is 22.3. The molecule has 0 aromatic carbocycles. The Balaban J connectivity index is 1.21. The summed E-state index contributed by atoms with van der Waals surface area (Å²) in [5.74, 6) is 0.558. The fourth-order valence-electron chi connectivity index (χ4n) is 6.56. The van der Waals surface area contributed by atoms with Gasteiger partial charge in [0.15, 0.2) is 0 Å². The topological polar surface area (TPSA) is 117 Å². The highest BCUT2D eigenvalue weighted by molar-refractivity contribution is 6.42. The molecule has 2 aliphatic heterocycles. The van der Waals surface area contributed by atoms with E-state index in [1.165, 1.54) is 0 Å². The van der Waals surface area contributed by atoms with Crippen molar-refractivity contribution in [1.29, 1.82) is 0 Å². The number of hydrogen-bond donors (Lipinski definition) is 2. The highest BCUT2D eigenvalue weighted by atomic mass is 16.2. The summed E-state index contributed by atoms with van der Waals surface area (Å²) in [5.41, 5.74) is 1.72. The quantitative estimate of drug-likeness (QED) is 0.647. The van der Waals surface area contributed by atoms with Gasteiger partial charge in [-0.3, -0.25) is 19.4 Å². The maximum absolute atomic E-state index is 13.5. The van der Waals surface area contributed by atoms with Crippen LogP contribution in [0.15, 0.2) is 35.6 Å². The molecule has 1 saturated carbocycles. The van der Waals surface area contributed by atoms with Crippen molar-refractivity contribution in [3.05, 3.63) is 47.3 Å². The molecule has 198 valence electrons. The molecule has 3 amide bonds. The van der Waals surface area contributed by atoms with Gasteiger partial charge in [-0.2, -0.15) is 0 Å². The first-order valence-corrected chi connectivity index (χ1v) is 13.6. The molecule has 38 heavy (non-hydrogen) atoms. The van der Waals surface area contributed by atoms with Crippen molar-refractivity contribution in [1.82, 2.24) is 14.9 Å². The van der Waals surface area contributed by atoms with E-state index in [1.54, 1.807) is 17.3 Å². The van der Waals surface area contributed by atoms with E-state index >= 15 is 0 Å². The van der Waals surface area contributed by atoms with Crippen LogP contribution in [0.4, 0.5) is 11.6 Å². The second-order valence-corrected chi connectivity index (χ2v) is 12.2. The Morgan fingerprint density at radius 3 is 2.55 bits per heavy atom. The van der Waals surface area contributed by atoms with E-state index in [4.69, 9.17) is 4.99 Å². The predicted octanol–water partition coefficient (Wildman–Crippen LogP) is 3.78. The molecule has 0 saturated heterocycles. The Hall–Kier alpha value is -3.62. The standard InChI is InChI=1S/C29H34N6O3/c1-27(2,3)23-25(37)35(29(34-23)10-6-4-5-7-11-29)17-22(36)32-21-13-18-14-28(15-19(18)16-31-21)20-9-8-12-30-24(20)33-26(28)38/h8-9,12-13,16H,4-7,10-11,14-15,17H2,1-3H3,(H,30,33,38)(H,31,32,36). The largest absolute Gasteiger partial charge is 0.310 e. The van der Waals surface area contributed by atoms with Crippen LogP contribution in [0, 0.1) is 5.41 Å². The van der Waals surface area contributed by atoms with Gasteiger partial charge in [0.05, 0.1) is 5.41 Å². The first-order chi connectivity index (χ1) is 18.1. The number of aliphatic imine (C=N–C) groups is 1. The molecular weight excluding hydrogens is 480 g/mol. The van der Waals surface area contributed by atoms with Gasteiger partial charge < -0.3 is 15.5 Å². The van der Waals surface area contributed by atoms with Crippen molar-refractivity contribution in [2.75, 3.05) is 17.2 Å². The molecular formula is C29H34N6O3. The second-order valence-electron chi connectivity index (χ2n) is 12.2. The Labute approximate surface area is 222 Å². The van der Waals surface area contributed by atoms with E-state index in [9.17, 15) is 14.4 Å². The van der Waals surface area contributed by atoms with Crippen molar-refractivity contribution >= 4 is 35.1 Å². The number of nitrogens with one attached hydrogen (secondary N) is 2. The first kappa shape index (κ1) is 24.7. The molecule has 2 aliphatic carbocycles. The van der Waals surface area contributed by atoms with Crippen LogP contribution in [-0.4, -0.2) is 50.5 Å². The van der Waals surface area contributed by atoms with Gasteiger partial charge >= 0.3 is 0 Å². The van der Waals surface area contributed by atoms with Gasteiger partial charge in [0.1, 0.15) is 29.6 Å². The van der Waals surface area contributed by atoms with Gasteiger partial charge in [0.25, 0.3) is 5.91 Å². The maximum atomic E-state index is 13.5. The van der Waals surface area contributed by atoms with Gasteiger partial charge in [0.2, 0.25) is 11.8 Å². The zero-order valence-corrected chi connectivity index (χ0v) is 22.3. The number of hydrogen-bond acceptors (Lipinski definition) is 6. The number of carbonyl (C=O) groups is 3. The minimum Gasteiger partial charge on any atom is -0.310 e. The van der Waals surface area contributed by atoms with E-state index in [-0.39, 0.29) is 29.7 Å².